The lowest BCUT2D eigenvalue weighted by molar-refractivity contribution is 0.882. The van der Waals surface area contributed by atoms with Gasteiger partial charge in [-0.05, 0) is 0 Å². The first-order valence-electron chi connectivity index (χ1n) is 6.18. The molecule has 0 aliphatic heterocycles. The minimum absolute atomic E-state index is 0.283. The van der Waals surface area contributed by atoms with Crippen molar-refractivity contribution in [3.63, 3.8) is 0 Å². The first-order valence-corrected chi connectivity index (χ1v) is 7.06. The number of hydrazine groups is 1. The van der Waals surface area contributed by atoms with Crippen LogP contribution in [0.5, 0.6) is 0 Å². The molecule has 108 valence electrons. The Morgan fingerprint density at radius 1 is 1.19 bits per heavy atom. The van der Waals surface area contributed by atoms with Gasteiger partial charge in [0.05, 0.1) is 5.01 Å². The fraction of sp³-hybridized carbons (Fsp3) is 0.182. The molecule has 0 aromatic carbocycles. The molecule has 3 aromatic heterocycles. The number of nitrogens with zero attached hydrogens (tertiary/aromatic N) is 6. The zero-order valence-corrected chi connectivity index (χ0v) is 11.8. The third-order valence-corrected chi connectivity index (χ3v) is 3.43. The van der Waals surface area contributed by atoms with E-state index in [1.54, 1.807) is 40.8 Å². The largest absolute Gasteiger partial charge is 0.354 e. The van der Waals surface area contributed by atoms with Crippen LogP contribution in [0, 0.1) is 0 Å². The molecule has 0 fully saturated rings. The standard InChI is InChI=1S/C11H13N9S/c12-19-10-16-9(15-2-1-8-14-4-6-21-8)17-11(18-10)20-5-3-13-7-20/h3-7H,1-2,12H2,(H2,15,16,17,18,19). The molecule has 4 N–H and O–H groups in total. The minimum Gasteiger partial charge on any atom is -0.354 e. The van der Waals surface area contributed by atoms with E-state index in [0.29, 0.717) is 18.4 Å². The molecule has 0 aliphatic rings. The lowest BCUT2D eigenvalue weighted by Gasteiger charge is -2.08. The highest BCUT2D eigenvalue weighted by Gasteiger charge is 2.07. The molecule has 0 saturated carbocycles. The molecule has 9 nitrogen and oxygen atoms in total. The van der Waals surface area contributed by atoms with Gasteiger partial charge in [0.2, 0.25) is 17.8 Å². The molecule has 0 radical (unpaired) electrons. The highest BCUT2D eigenvalue weighted by atomic mass is 32.1. The SMILES string of the molecule is NNc1nc(NCCc2nccs2)nc(-n2ccnc2)n1. The van der Waals surface area contributed by atoms with Gasteiger partial charge >= 0.3 is 0 Å². The van der Waals surface area contributed by atoms with Crippen molar-refractivity contribution < 1.29 is 0 Å². The minimum atomic E-state index is 0.283. The van der Waals surface area contributed by atoms with Crippen molar-refractivity contribution in [1.29, 1.82) is 0 Å². The Balaban J connectivity index is 1.73. The average Bonchev–Trinajstić information content (AvgIpc) is 3.20. The summed E-state index contributed by atoms with van der Waals surface area (Å²) in [6.45, 7) is 0.672. The molecule has 0 bridgehead atoms. The fourth-order valence-electron chi connectivity index (χ4n) is 1.66. The van der Waals surface area contributed by atoms with Crippen LogP contribution >= 0.6 is 11.3 Å². The summed E-state index contributed by atoms with van der Waals surface area (Å²) in [6.07, 6.45) is 7.59. The smallest absolute Gasteiger partial charge is 0.243 e. The van der Waals surface area contributed by atoms with E-state index >= 15 is 0 Å². The zero-order valence-electron chi connectivity index (χ0n) is 11.0. The number of anilines is 2. The van der Waals surface area contributed by atoms with Crippen LogP contribution in [0.15, 0.2) is 30.3 Å². The van der Waals surface area contributed by atoms with Gasteiger partial charge in [-0.25, -0.2) is 15.8 Å². The van der Waals surface area contributed by atoms with Crippen molar-refractivity contribution in [2.75, 3.05) is 17.3 Å². The number of nitrogens with two attached hydrogens (primary N) is 1. The van der Waals surface area contributed by atoms with Crippen LogP contribution in [0.1, 0.15) is 5.01 Å². The van der Waals surface area contributed by atoms with E-state index in [4.69, 9.17) is 5.84 Å². The monoisotopic (exact) mass is 303 g/mol. The number of thiazole rings is 1. The lowest BCUT2D eigenvalue weighted by atomic mass is 10.4. The van der Waals surface area contributed by atoms with Crippen molar-refractivity contribution in [3.8, 4) is 5.95 Å². The Labute approximate surface area is 124 Å². The quantitative estimate of drug-likeness (QED) is 0.443. The maximum Gasteiger partial charge on any atom is 0.243 e. The summed E-state index contributed by atoms with van der Waals surface area (Å²) in [5.41, 5.74) is 2.43. The van der Waals surface area contributed by atoms with Gasteiger partial charge in [0, 0.05) is 36.9 Å². The summed E-state index contributed by atoms with van der Waals surface area (Å²) < 4.78 is 1.68. The molecule has 3 rings (SSSR count). The second kappa shape index (κ2) is 6.24. The van der Waals surface area contributed by atoms with Gasteiger partial charge in [-0.15, -0.1) is 11.3 Å². The summed E-state index contributed by atoms with van der Waals surface area (Å²) in [5, 5.41) is 6.14. The van der Waals surface area contributed by atoms with Crippen LogP contribution in [0.25, 0.3) is 5.95 Å². The van der Waals surface area contributed by atoms with E-state index in [1.165, 1.54) is 0 Å². The van der Waals surface area contributed by atoms with Gasteiger partial charge in [0.25, 0.3) is 0 Å². The number of hydrogen-bond acceptors (Lipinski definition) is 9. The van der Waals surface area contributed by atoms with Crippen molar-refractivity contribution in [2.45, 2.75) is 6.42 Å². The third kappa shape index (κ3) is 3.30. The Morgan fingerprint density at radius 2 is 2.10 bits per heavy atom. The number of imidazole rings is 1. The molecule has 0 amide bonds. The predicted octanol–water partition coefficient (Wildman–Crippen LogP) is 0.454. The fourth-order valence-corrected chi connectivity index (χ4v) is 2.28. The van der Waals surface area contributed by atoms with E-state index in [1.807, 2.05) is 5.38 Å². The van der Waals surface area contributed by atoms with Gasteiger partial charge in [-0.3, -0.25) is 9.99 Å². The lowest BCUT2D eigenvalue weighted by Crippen LogP contribution is -2.16. The van der Waals surface area contributed by atoms with Gasteiger partial charge in [0.15, 0.2) is 0 Å². The molecule has 3 aromatic rings. The first-order chi connectivity index (χ1) is 10.3. The molecule has 0 saturated heterocycles. The Bertz CT molecular complexity index is 680. The number of aromatic nitrogens is 6. The molecule has 21 heavy (non-hydrogen) atoms. The Hall–Kier alpha value is -2.59. The van der Waals surface area contributed by atoms with E-state index in [-0.39, 0.29) is 5.95 Å². The molecular formula is C11H13N9S. The van der Waals surface area contributed by atoms with Gasteiger partial charge in [0.1, 0.15) is 6.33 Å². The second-order valence-electron chi connectivity index (χ2n) is 4.00. The predicted molar refractivity (Wildman–Crippen MR) is 79.1 cm³/mol. The van der Waals surface area contributed by atoms with E-state index in [0.717, 1.165) is 11.4 Å². The molecular weight excluding hydrogens is 290 g/mol. The van der Waals surface area contributed by atoms with Crippen molar-refractivity contribution in [2.24, 2.45) is 5.84 Å². The summed E-state index contributed by atoms with van der Waals surface area (Å²) in [5.74, 6) is 6.55. The van der Waals surface area contributed by atoms with E-state index < -0.39 is 0 Å². The highest BCUT2D eigenvalue weighted by molar-refractivity contribution is 7.09. The van der Waals surface area contributed by atoms with Gasteiger partial charge < -0.3 is 5.32 Å². The van der Waals surface area contributed by atoms with Gasteiger partial charge in [-0.1, -0.05) is 0 Å². The van der Waals surface area contributed by atoms with Crippen LogP contribution in [0.4, 0.5) is 11.9 Å². The molecule has 0 unspecified atom stereocenters. The van der Waals surface area contributed by atoms with Crippen molar-refractivity contribution in [3.05, 3.63) is 35.3 Å². The third-order valence-electron chi connectivity index (χ3n) is 2.59. The molecule has 10 heteroatoms. The molecule has 0 spiro atoms. The Kier molecular flexibility index (Phi) is 3.98. The zero-order chi connectivity index (χ0) is 14.5. The first kappa shape index (κ1) is 13.4. The Morgan fingerprint density at radius 3 is 2.81 bits per heavy atom. The van der Waals surface area contributed by atoms with Crippen molar-refractivity contribution in [1.82, 2.24) is 29.5 Å². The van der Waals surface area contributed by atoms with Gasteiger partial charge in [-0.2, -0.15) is 15.0 Å². The maximum absolute atomic E-state index is 5.38. The normalized spacial score (nSPS) is 10.5. The number of nitrogens with one attached hydrogen (secondary N) is 2. The van der Waals surface area contributed by atoms with Crippen LogP contribution in [-0.2, 0) is 6.42 Å². The summed E-state index contributed by atoms with van der Waals surface area (Å²) in [6, 6.07) is 0. The maximum atomic E-state index is 5.38. The summed E-state index contributed by atoms with van der Waals surface area (Å²) >= 11 is 1.62. The molecule has 0 atom stereocenters. The topological polar surface area (TPSA) is 119 Å². The molecule has 0 aliphatic carbocycles. The van der Waals surface area contributed by atoms with Crippen LogP contribution < -0.4 is 16.6 Å². The average molecular weight is 303 g/mol. The number of rotatable bonds is 6. The summed E-state index contributed by atoms with van der Waals surface area (Å²) in [4.78, 5) is 20.8. The van der Waals surface area contributed by atoms with E-state index in [2.05, 4.69) is 35.7 Å². The van der Waals surface area contributed by atoms with Crippen LogP contribution in [0.2, 0.25) is 0 Å². The highest BCUT2D eigenvalue weighted by Crippen LogP contribution is 2.09. The molecule has 3 heterocycles. The second-order valence-corrected chi connectivity index (χ2v) is 4.98. The summed E-state index contributed by atoms with van der Waals surface area (Å²) in [7, 11) is 0. The van der Waals surface area contributed by atoms with Crippen LogP contribution in [-0.4, -0.2) is 36.0 Å². The number of nitrogen functional groups attached to an aromatic ring is 1. The number of hydrogen-bond donors (Lipinski definition) is 3. The van der Waals surface area contributed by atoms with Crippen LogP contribution in [0.3, 0.4) is 0 Å². The van der Waals surface area contributed by atoms with Crippen molar-refractivity contribution >= 4 is 23.2 Å². The van der Waals surface area contributed by atoms with E-state index in [9.17, 15) is 0 Å².